The Labute approximate surface area is 155 Å². The normalized spacial score (nSPS) is 11.5. The first-order chi connectivity index (χ1) is 11.8. The van der Waals surface area contributed by atoms with Gasteiger partial charge in [-0.1, -0.05) is 34.1 Å². The second-order valence-corrected chi connectivity index (χ2v) is 8.50. The molecule has 0 amide bonds. The van der Waals surface area contributed by atoms with E-state index in [1.807, 2.05) is 38.1 Å². The summed E-state index contributed by atoms with van der Waals surface area (Å²) in [7, 11) is -3.63. The molecule has 5 nitrogen and oxygen atoms in total. The van der Waals surface area contributed by atoms with E-state index in [9.17, 15) is 8.42 Å². The van der Waals surface area contributed by atoms with Gasteiger partial charge in [-0.05, 0) is 54.8 Å². The summed E-state index contributed by atoms with van der Waals surface area (Å²) in [5.41, 5.74) is 3.51. The van der Waals surface area contributed by atoms with Crippen LogP contribution in [0.3, 0.4) is 0 Å². The number of benzene rings is 2. The lowest BCUT2D eigenvalue weighted by Crippen LogP contribution is -2.12. The molecule has 0 fully saturated rings. The monoisotopic (exact) mass is 419 g/mol. The van der Waals surface area contributed by atoms with Gasteiger partial charge in [0.1, 0.15) is 0 Å². The molecule has 1 heterocycles. The first kappa shape index (κ1) is 17.7. The van der Waals surface area contributed by atoms with Gasteiger partial charge in [-0.15, -0.1) is 0 Å². The van der Waals surface area contributed by atoms with Gasteiger partial charge < -0.3 is 0 Å². The minimum atomic E-state index is -3.63. The number of halogens is 1. The summed E-state index contributed by atoms with van der Waals surface area (Å²) in [6.45, 7) is 4.41. The van der Waals surface area contributed by atoms with Gasteiger partial charge in [0.05, 0.1) is 23.3 Å². The van der Waals surface area contributed by atoms with Gasteiger partial charge >= 0.3 is 0 Å². The summed E-state index contributed by atoms with van der Waals surface area (Å²) < 4.78 is 30.3. The Morgan fingerprint density at radius 1 is 1.08 bits per heavy atom. The van der Waals surface area contributed by atoms with Crippen molar-refractivity contribution in [1.29, 1.82) is 0 Å². The fraction of sp³-hybridized carbons (Fsp3) is 0.167. The Bertz CT molecular complexity index is 995. The molecule has 3 rings (SSSR count). The largest absolute Gasteiger partial charge is 0.276 e. The quantitative estimate of drug-likeness (QED) is 0.676. The number of aromatic nitrogens is 2. The highest BCUT2D eigenvalue weighted by molar-refractivity contribution is 9.10. The highest BCUT2D eigenvalue weighted by atomic mass is 79.9. The van der Waals surface area contributed by atoms with Gasteiger partial charge in [-0.25, -0.2) is 8.42 Å². The molecule has 1 N–H and O–H groups in total. The van der Waals surface area contributed by atoms with Crippen molar-refractivity contribution >= 4 is 31.6 Å². The molecule has 130 valence electrons. The second-order valence-electron chi connectivity index (χ2n) is 5.90. The van der Waals surface area contributed by atoms with Crippen LogP contribution in [-0.2, 0) is 16.6 Å². The lowest BCUT2D eigenvalue weighted by molar-refractivity contribution is 0.601. The summed E-state index contributed by atoms with van der Waals surface area (Å²) in [5.74, 6) is 0. The number of nitrogens with one attached hydrogen (secondary N) is 1. The molecule has 2 aromatic carbocycles. The van der Waals surface area contributed by atoms with Crippen LogP contribution in [0.2, 0.25) is 0 Å². The standard InChI is InChI=1S/C18H18BrN3O2S/c1-13-3-8-18(9-14(13)2)25(23,24)21-17-10-20-22(12-17)11-15-4-6-16(19)7-5-15/h3-10,12,21H,11H2,1-2H3. The Morgan fingerprint density at radius 3 is 2.48 bits per heavy atom. The van der Waals surface area contributed by atoms with Gasteiger partial charge in [0, 0.05) is 10.7 Å². The molecule has 0 saturated heterocycles. The van der Waals surface area contributed by atoms with E-state index >= 15 is 0 Å². The summed E-state index contributed by atoms with van der Waals surface area (Å²) in [6, 6.07) is 13.0. The molecule has 0 bridgehead atoms. The lowest BCUT2D eigenvalue weighted by Gasteiger charge is -2.08. The zero-order valence-electron chi connectivity index (χ0n) is 13.9. The summed E-state index contributed by atoms with van der Waals surface area (Å²) in [5, 5.41) is 4.22. The zero-order chi connectivity index (χ0) is 18.0. The molecule has 0 aliphatic heterocycles. The molecule has 0 aliphatic carbocycles. The number of aryl methyl sites for hydroxylation is 2. The van der Waals surface area contributed by atoms with Gasteiger partial charge in [0.25, 0.3) is 10.0 Å². The average Bonchev–Trinajstić information content (AvgIpc) is 2.98. The Morgan fingerprint density at radius 2 is 1.80 bits per heavy atom. The fourth-order valence-corrected chi connectivity index (χ4v) is 3.75. The molecule has 0 spiro atoms. The second kappa shape index (κ2) is 7.01. The Hall–Kier alpha value is -2.12. The highest BCUT2D eigenvalue weighted by Crippen LogP contribution is 2.19. The Kier molecular flexibility index (Phi) is 4.96. The molecule has 1 aromatic heterocycles. The maximum Gasteiger partial charge on any atom is 0.262 e. The van der Waals surface area contributed by atoms with Gasteiger partial charge in [0.15, 0.2) is 0 Å². The minimum Gasteiger partial charge on any atom is -0.276 e. The van der Waals surface area contributed by atoms with Crippen LogP contribution in [0.15, 0.2) is 64.2 Å². The number of hydrogen-bond acceptors (Lipinski definition) is 3. The maximum atomic E-state index is 12.5. The third kappa shape index (κ3) is 4.29. The highest BCUT2D eigenvalue weighted by Gasteiger charge is 2.15. The molecule has 25 heavy (non-hydrogen) atoms. The van der Waals surface area contributed by atoms with E-state index in [0.717, 1.165) is 21.2 Å². The van der Waals surface area contributed by atoms with E-state index in [4.69, 9.17) is 0 Å². The van der Waals surface area contributed by atoms with Crippen LogP contribution in [0.5, 0.6) is 0 Å². The SMILES string of the molecule is Cc1ccc(S(=O)(=O)Nc2cnn(Cc3ccc(Br)cc3)c2)cc1C. The van der Waals surface area contributed by atoms with Crippen molar-refractivity contribution in [3.8, 4) is 0 Å². The van der Waals surface area contributed by atoms with Crippen LogP contribution >= 0.6 is 15.9 Å². The molecule has 7 heteroatoms. The van der Waals surface area contributed by atoms with Crippen LogP contribution in [0.4, 0.5) is 5.69 Å². The first-order valence-corrected chi connectivity index (χ1v) is 9.98. The maximum absolute atomic E-state index is 12.5. The molecular formula is C18H18BrN3O2S. The molecule has 0 aliphatic rings. The van der Waals surface area contributed by atoms with Crippen molar-refractivity contribution in [3.63, 3.8) is 0 Å². The smallest absolute Gasteiger partial charge is 0.262 e. The van der Waals surface area contributed by atoms with Gasteiger partial charge in [0.2, 0.25) is 0 Å². The van der Waals surface area contributed by atoms with Crippen LogP contribution in [0, 0.1) is 13.8 Å². The van der Waals surface area contributed by atoms with Crippen molar-refractivity contribution in [2.75, 3.05) is 4.72 Å². The fourth-order valence-electron chi connectivity index (χ4n) is 2.37. The van der Waals surface area contributed by atoms with Crippen LogP contribution in [0.1, 0.15) is 16.7 Å². The van der Waals surface area contributed by atoms with E-state index in [2.05, 4.69) is 25.8 Å². The molecule has 0 atom stereocenters. The van der Waals surface area contributed by atoms with Crippen LogP contribution in [-0.4, -0.2) is 18.2 Å². The Balaban J connectivity index is 1.75. The lowest BCUT2D eigenvalue weighted by atomic mass is 10.1. The van der Waals surface area contributed by atoms with Crippen molar-refractivity contribution in [1.82, 2.24) is 9.78 Å². The van der Waals surface area contributed by atoms with E-state index in [1.54, 1.807) is 29.1 Å². The summed E-state index contributed by atoms with van der Waals surface area (Å²) in [4.78, 5) is 0.247. The predicted molar refractivity (Wildman–Crippen MR) is 102 cm³/mol. The van der Waals surface area contributed by atoms with Gasteiger partial charge in [-0.2, -0.15) is 5.10 Å². The number of anilines is 1. The van der Waals surface area contributed by atoms with Crippen molar-refractivity contribution < 1.29 is 8.42 Å². The first-order valence-electron chi connectivity index (χ1n) is 7.70. The summed E-state index contributed by atoms with van der Waals surface area (Å²) >= 11 is 3.40. The number of hydrogen-bond donors (Lipinski definition) is 1. The minimum absolute atomic E-state index is 0.247. The molecule has 3 aromatic rings. The van der Waals surface area contributed by atoms with Crippen LogP contribution in [0.25, 0.3) is 0 Å². The molecular weight excluding hydrogens is 402 g/mol. The molecule has 0 unspecified atom stereocenters. The number of rotatable bonds is 5. The third-order valence-electron chi connectivity index (χ3n) is 3.93. The average molecular weight is 420 g/mol. The zero-order valence-corrected chi connectivity index (χ0v) is 16.3. The van der Waals surface area contributed by atoms with E-state index in [1.165, 1.54) is 6.20 Å². The number of nitrogens with zero attached hydrogens (tertiary/aromatic N) is 2. The van der Waals surface area contributed by atoms with Crippen molar-refractivity contribution in [2.45, 2.75) is 25.3 Å². The van der Waals surface area contributed by atoms with E-state index in [0.29, 0.717) is 12.2 Å². The third-order valence-corrected chi connectivity index (χ3v) is 5.84. The molecule has 0 radical (unpaired) electrons. The van der Waals surface area contributed by atoms with Crippen molar-refractivity contribution in [3.05, 3.63) is 76.0 Å². The van der Waals surface area contributed by atoms with Crippen molar-refractivity contribution in [2.24, 2.45) is 0 Å². The predicted octanol–water partition coefficient (Wildman–Crippen LogP) is 4.11. The molecule has 0 saturated carbocycles. The van der Waals surface area contributed by atoms with E-state index in [-0.39, 0.29) is 4.90 Å². The van der Waals surface area contributed by atoms with Gasteiger partial charge in [-0.3, -0.25) is 9.40 Å². The number of sulfonamides is 1. The summed E-state index contributed by atoms with van der Waals surface area (Å²) in [6.07, 6.45) is 3.19. The van der Waals surface area contributed by atoms with E-state index < -0.39 is 10.0 Å². The van der Waals surface area contributed by atoms with Crippen LogP contribution < -0.4 is 4.72 Å². The topological polar surface area (TPSA) is 64.0 Å².